The van der Waals surface area contributed by atoms with Gasteiger partial charge in [0.1, 0.15) is 0 Å². The van der Waals surface area contributed by atoms with Crippen molar-refractivity contribution in [3.05, 3.63) is 96.1 Å². The van der Waals surface area contributed by atoms with Crippen molar-refractivity contribution in [1.82, 2.24) is 9.97 Å². The van der Waals surface area contributed by atoms with Gasteiger partial charge in [0, 0.05) is 22.7 Å². The van der Waals surface area contributed by atoms with E-state index in [-0.39, 0.29) is 12.5 Å². The van der Waals surface area contributed by atoms with Gasteiger partial charge in [-0.15, -0.1) is 0 Å². The minimum atomic E-state index is -0.445. The molecule has 0 radical (unpaired) electrons. The maximum atomic E-state index is 12.8. The Morgan fingerprint density at radius 2 is 1.69 bits per heavy atom. The molecule has 0 aliphatic carbocycles. The van der Waals surface area contributed by atoms with Crippen LogP contribution in [0, 0.1) is 0 Å². The number of hydrogen-bond acceptors (Lipinski definition) is 4. The van der Waals surface area contributed by atoms with E-state index < -0.39 is 5.97 Å². The van der Waals surface area contributed by atoms with Crippen LogP contribution in [-0.4, -0.2) is 28.5 Å². The number of fused-ring (bicyclic) bond motifs is 2. The number of aromatic amines is 1. The number of esters is 1. The van der Waals surface area contributed by atoms with Crippen LogP contribution in [0.1, 0.15) is 35.7 Å². The van der Waals surface area contributed by atoms with Crippen LogP contribution in [0.5, 0.6) is 0 Å². The predicted octanol–water partition coefficient (Wildman–Crippen LogP) is 6.52. The van der Waals surface area contributed by atoms with E-state index in [1.807, 2.05) is 36.4 Å². The van der Waals surface area contributed by atoms with E-state index in [0.29, 0.717) is 30.5 Å². The zero-order chi connectivity index (χ0) is 24.9. The van der Waals surface area contributed by atoms with Gasteiger partial charge in [-0.2, -0.15) is 0 Å². The summed E-state index contributed by atoms with van der Waals surface area (Å²) in [6, 6.07) is 27.3. The van der Waals surface area contributed by atoms with E-state index in [0.717, 1.165) is 38.8 Å². The van der Waals surface area contributed by atoms with Gasteiger partial charge in [-0.3, -0.25) is 4.79 Å². The molecule has 0 saturated carbocycles. The van der Waals surface area contributed by atoms with Gasteiger partial charge in [0.2, 0.25) is 5.91 Å². The highest BCUT2D eigenvalue weighted by Crippen LogP contribution is 2.31. The van der Waals surface area contributed by atoms with Crippen molar-refractivity contribution in [3.8, 4) is 11.4 Å². The van der Waals surface area contributed by atoms with Crippen molar-refractivity contribution in [2.24, 2.45) is 0 Å². The molecule has 0 aliphatic heterocycles. The summed E-state index contributed by atoms with van der Waals surface area (Å²) in [6.45, 7) is 2.03. The standard InChI is InChI=1S/C30H27N3O3/c1-2-36-30(35)23-12-5-8-16-26(23)32-28(34)17-9-13-22-21-11-4-7-15-25(21)33-29(22)27-19-18-20-10-3-6-14-24(20)31-27/h3-8,10-12,14-16,18-19,33H,2,9,13,17H2,1H3,(H,32,34). The summed E-state index contributed by atoms with van der Waals surface area (Å²) in [5.41, 5.74) is 5.82. The second kappa shape index (κ2) is 10.4. The van der Waals surface area contributed by atoms with Crippen LogP contribution < -0.4 is 5.32 Å². The first-order valence-electron chi connectivity index (χ1n) is 12.2. The number of hydrogen-bond donors (Lipinski definition) is 2. The second-order valence-electron chi connectivity index (χ2n) is 8.58. The number of aromatic nitrogens is 2. The van der Waals surface area contributed by atoms with E-state index in [2.05, 4.69) is 34.6 Å². The summed E-state index contributed by atoms with van der Waals surface area (Å²) in [5, 5.41) is 5.10. The van der Waals surface area contributed by atoms with Gasteiger partial charge in [-0.05, 0) is 55.7 Å². The molecule has 0 saturated heterocycles. The Labute approximate surface area is 209 Å². The number of ether oxygens (including phenoxy) is 1. The number of pyridine rings is 1. The van der Waals surface area contributed by atoms with Crippen LogP contribution in [0.15, 0.2) is 84.9 Å². The molecule has 2 aromatic heterocycles. The zero-order valence-corrected chi connectivity index (χ0v) is 20.1. The number of H-pyrrole nitrogens is 1. The Morgan fingerprint density at radius 3 is 2.58 bits per heavy atom. The van der Waals surface area contributed by atoms with Gasteiger partial charge >= 0.3 is 5.97 Å². The number of carbonyl (C=O) groups excluding carboxylic acids is 2. The number of carbonyl (C=O) groups is 2. The van der Waals surface area contributed by atoms with Crippen LogP contribution in [0.3, 0.4) is 0 Å². The second-order valence-corrected chi connectivity index (χ2v) is 8.58. The zero-order valence-electron chi connectivity index (χ0n) is 20.1. The van der Waals surface area contributed by atoms with Gasteiger partial charge in [0.25, 0.3) is 0 Å². The lowest BCUT2D eigenvalue weighted by Crippen LogP contribution is -2.15. The Bertz CT molecular complexity index is 1550. The maximum absolute atomic E-state index is 12.8. The average Bonchev–Trinajstić information content (AvgIpc) is 3.27. The van der Waals surface area contributed by atoms with Crippen molar-refractivity contribution < 1.29 is 14.3 Å². The molecule has 0 atom stereocenters. The Morgan fingerprint density at radius 1 is 0.917 bits per heavy atom. The number of nitrogens with zero attached hydrogens (tertiary/aromatic N) is 1. The van der Waals surface area contributed by atoms with Crippen molar-refractivity contribution >= 4 is 39.4 Å². The van der Waals surface area contributed by atoms with E-state index in [4.69, 9.17) is 9.72 Å². The molecule has 2 heterocycles. The Balaban J connectivity index is 1.34. The molecule has 2 N–H and O–H groups in total. The quantitative estimate of drug-likeness (QED) is 0.249. The lowest BCUT2D eigenvalue weighted by Gasteiger charge is -2.10. The molecular weight excluding hydrogens is 450 g/mol. The molecule has 180 valence electrons. The molecule has 1 amide bonds. The molecule has 6 nitrogen and oxygen atoms in total. The number of anilines is 1. The summed E-state index contributed by atoms with van der Waals surface area (Å²) in [6.07, 6.45) is 1.68. The van der Waals surface area contributed by atoms with E-state index in [9.17, 15) is 9.59 Å². The van der Waals surface area contributed by atoms with Gasteiger partial charge in [-0.1, -0.05) is 54.6 Å². The molecule has 0 spiro atoms. The highest BCUT2D eigenvalue weighted by atomic mass is 16.5. The van der Waals surface area contributed by atoms with Crippen molar-refractivity contribution in [2.75, 3.05) is 11.9 Å². The monoisotopic (exact) mass is 477 g/mol. The third-order valence-electron chi connectivity index (χ3n) is 6.20. The van der Waals surface area contributed by atoms with E-state index in [1.54, 1.807) is 31.2 Å². The highest BCUT2D eigenvalue weighted by Gasteiger charge is 2.17. The topological polar surface area (TPSA) is 84.1 Å². The number of nitrogens with one attached hydrogen (secondary N) is 2. The number of benzene rings is 3. The van der Waals surface area contributed by atoms with Crippen LogP contribution >= 0.6 is 0 Å². The fourth-order valence-electron chi connectivity index (χ4n) is 4.50. The molecule has 0 bridgehead atoms. The summed E-state index contributed by atoms with van der Waals surface area (Å²) >= 11 is 0. The highest BCUT2D eigenvalue weighted by molar-refractivity contribution is 6.01. The van der Waals surface area contributed by atoms with E-state index >= 15 is 0 Å². The van der Waals surface area contributed by atoms with Crippen molar-refractivity contribution in [1.29, 1.82) is 0 Å². The molecule has 3 aromatic carbocycles. The number of aryl methyl sites for hydroxylation is 1. The SMILES string of the molecule is CCOC(=O)c1ccccc1NC(=O)CCCc1c(-c2ccc3ccccc3n2)[nH]c2ccccc12. The Kier molecular flexibility index (Phi) is 6.76. The third kappa shape index (κ3) is 4.84. The molecule has 5 aromatic rings. The normalized spacial score (nSPS) is 11.0. The smallest absolute Gasteiger partial charge is 0.340 e. The van der Waals surface area contributed by atoms with Gasteiger partial charge < -0.3 is 15.0 Å². The molecule has 0 fully saturated rings. The summed E-state index contributed by atoms with van der Waals surface area (Å²) in [7, 11) is 0. The number of para-hydroxylation sites is 3. The van der Waals surface area contributed by atoms with Crippen LogP contribution in [0.4, 0.5) is 5.69 Å². The molecule has 0 aliphatic rings. The first kappa shape index (κ1) is 23.3. The van der Waals surface area contributed by atoms with Gasteiger partial charge in [0.05, 0.1) is 34.8 Å². The maximum Gasteiger partial charge on any atom is 0.340 e. The predicted molar refractivity (Wildman–Crippen MR) is 143 cm³/mol. The van der Waals surface area contributed by atoms with Crippen LogP contribution in [0.25, 0.3) is 33.2 Å². The average molecular weight is 478 g/mol. The van der Waals surface area contributed by atoms with E-state index in [1.165, 1.54) is 0 Å². The minimum Gasteiger partial charge on any atom is -0.462 e. The molecule has 36 heavy (non-hydrogen) atoms. The first-order valence-corrected chi connectivity index (χ1v) is 12.2. The molecule has 0 unspecified atom stereocenters. The number of rotatable bonds is 8. The summed E-state index contributed by atoms with van der Waals surface area (Å²) in [4.78, 5) is 33.4. The molecule has 5 rings (SSSR count). The Hall–Kier alpha value is -4.45. The molecular formula is C30H27N3O3. The van der Waals surface area contributed by atoms with Crippen molar-refractivity contribution in [3.63, 3.8) is 0 Å². The first-order chi connectivity index (χ1) is 17.6. The fraction of sp³-hybridized carbons (Fsp3) is 0.167. The number of amides is 1. The van der Waals surface area contributed by atoms with Crippen LogP contribution in [-0.2, 0) is 16.0 Å². The van der Waals surface area contributed by atoms with Gasteiger partial charge in [0.15, 0.2) is 0 Å². The fourth-order valence-corrected chi connectivity index (χ4v) is 4.50. The largest absolute Gasteiger partial charge is 0.462 e. The summed E-state index contributed by atoms with van der Waals surface area (Å²) in [5.74, 6) is -0.586. The third-order valence-corrected chi connectivity index (χ3v) is 6.20. The molecule has 6 heteroatoms. The summed E-state index contributed by atoms with van der Waals surface area (Å²) < 4.78 is 5.10. The van der Waals surface area contributed by atoms with Crippen molar-refractivity contribution in [2.45, 2.75) is 26.2 Å². The lowest BCUT2D eigenvalue weighted by atomic mass is 10.0. The van der Waals surface area contributed by atoms with Crippen LogP contribution in [0.2, 0.25) is 0 Å². The minimum absolute atomic E-state index is 0.142. The van der Waals surface area contributed by atoms with Gasteiger partial charge in [-0.25, -0.2) is 9.78 Å². The lowest BCUT2D eigenvalue weighted by molar-refractivity contribution is -0.116.